The molecule has 1 rings (SSSR count). The van der Waals surface area contributed by atoms with Gasteiger partial charge in [0.2, 0.25) is 0 Å². The quantitative estimate of drug-likeness (QED) is 0.808. The van der Waals surface area contributed by atoms with Crippen molar-refractivity contribution < 1.29 is 9.18 Å². The van der Waals surface area contributed by atoms with Gasteiger partial charge in [0.15, 0.2) is 0 Å². The van der Waals surface area contributed by atoms with Crippen molar-refractivity contribution in [2.75, 3.05) is 12.3 Å². The molecule has 0 aliphatic rings. The van der Waals surface area contributed by atoms with Gasteiger partial charge in [-0.05, 0) is 37.0 Å². The fourth-order valence-electron chi connectivity index (χ4n) is 2.35. The van der Waals surface area contributed by atoms with Gasteiger partial charge < -0.3 is 10.6 Å². The minimum atomic E-state index is -0.537. The Morgan fingerprint density at radius 3 is 2.35 bits per heavy atom. The third-order valence-corrected chi connectivity index (χ3v) is 3.45. The van der Waals surface area contributed by atoms with Crippen LogP contribution in [0.1, 0.15) is 50.9 Å². The summed E-state index contributed by atoms with van der Waals surface area (Å²) < 4.78 is 13.5. The summed E-state index contributed by atoms with van der Waals surface area (Å²) in [6, 6.07) is 4.46. The van der Waals surface area contributed by atoms with Crippen molar-refractivity contribution in [2.45, 2.75) is 46.6 Å². The number of carbonyl (C=O) groups excluding carboxylic acids is 1. The zero-order chi connectivity index (χ0) is 15.3. The van der Waals surface area contributed by atoms with Crippen molar-refractivity contribution in [3.05, 3.63) is 29.6 Å². The van der Waals surface area contributed by atoms with Gasteiger partial charge in [0, 0.05) is 18.2 Å². The van der Waals surface area contributed by atoms with Crippen LogP contribution >= 0.6 is 0 Å². The monoisotopic (exact) mass is 280 g/mol. The van der Waals surface area contributed by atoms with Crippen LogP contribution in [0.2, 0.25) is 0 Å². The number of rotatable bonds is 6. The highest BCUT2D eigenvalue weighted by Crippen LogP contribution is 2.18. The average molecular weight is 280 g/mol. The SMILES string of the molecule is CCC(CC)N(CC(C)C)C(=O)c1ccc(N)c(F)c1. The van der Waals surface area contributed by atoms with Gasteiger partial charge in [-0.3, -0.25) is 4.79 Å². The lowest BCUT2D eigenvalue weighted by atomic mass is 10.0. The summed E-state index contributed by atoms with van der Waals surface area (Å²) in [6.45, 7) is 8.96. The van der Waals surface area contributed by atoms with Crippen molar-refractivity contribution in [3.8, 4) is 0 Å². The van der Waals surface area contributed by atoms with Crippen molar-refractivity contribution in [1.29, 1.82) is 0 Å². The number of halogens is 1. The first kappa shape index (κ1) is 16.5. The summed E-state index contributed by atoms with van der Waals surface area (Å²) in [7, 11) is 0. The molecule has 112 valence electrons. The van der Waals surface area contributed by atoms with Gasteiger partial charge in [0.05, 0.1) is 5.69 Å². The van der Waals surface area contributed by atoms with Crippen LogP contribution in [0.4, 0.5) is 10.1 Å². The predicted octanol–water partition coefficient (Wildman–Crippen LogP) is 3.69. The number of nitrogens with zero attached hydrogens (tertiary/aromatic N) is 1. The highest BCUT2D eigenvalue weighted by atomic mass is 19.1. The fraction of sp³-hybridized carbons (Fsp3) is 0.562. The number of anilines is 1. The Bertz CT molecular complexity index is 456. The van der Waals surface area contributed by atoms with Gasteiger partial charge in [0.1, 0.15) is 5.82 Å². The molecule has 0 bridgehead atoms. The molecule has 2 N–H and O–H groups in total. The van der Waals surface area contributed by atoms with Crippen LogP contribution in [-0.4, -0.2) is 23.4 Å². The van der Waals surface area contributed by atoms with Gasteiger partial charge in [-0.1, -0.05) is 27.7 Å². The lowest BCUT2D eigenvalue weighted by Gasteiger charge is -2.32. The van der Waals surface area contributed by atoms with Crippen LogP contribution in [0.15, 0.2) is 18.2 Å². The Kier molecular flexibility index (Phi) is 5.99. The van der Waals surface area contributed by atoms with E-state index in [-0.39, 0.29) is 17.6 Å². The third-order valence-electron chi connectivity index (χ3n) is 3.45. The molecule has 20 heavy (non-hydrogen) atoms. The molecule has 0 aliphatic carbocycles. The lowest BCUT2D eigenvalue weighted by Crippen LogP contribution is -2.42. The van der Waals surface area contributed by atoms with E-state index in [1.807, 2.05) is 4.90 Å². The zero-order valence-corrected chi connectivity index (χ0v) is 12.8. The number of benzene rings is 1. The van der Waals surface area contributed by atoms with E-state index in [0.717, 1.165) is 12.8 Å². The molecule has 1 aromatic carbocycles. The highest BCUT2D eigenvalue weighted by molar-refractivity contribution is 5.94. The van der Waals surface area contributed by atoms with E-state index in [9.17, 15) is 9.18 Å². The minimum absolute atomic E-state index is 0.0690. The number of nitrogen functional groups attached to an aromatic ring is 1. The topological polar surface area (TPSA) is 46.3 Å². The molecule has 0 aromatic heterocycles. The Balaban J connectivity index is 3.05. The van der Waals surface area contributed by atoms with Gasteiger partial charge in [-0.25, -0.2) is 4.39 Å². The van der Waals surface area contributed by atoms with Crippen LogP contribution in [0.25, 0.3) is 0 Å². The molecule has 0 saturated heterocycles. The third kappa shape index (κ3) is 3.95. The summed E-state index contributed by atoms with van der Waals surface area (Å²) in [5.74, 6) is -0.283. The van der Waals surface area contributed by atoms with Gasteiger partial charge in [0.25, 0.3) is 5.91 Å². The number of amides is 1. The average Bonchev–Trinajstić information content (AvgIpc) is 2.41. The molecular weight excluding hydrogens is 255 g/mol. The van der Waals surface area contributed by atoms with Crippen LogP contribution in [0.3, 0.4) is 0 Å². The molecule has 0 fully saturated rings. The number of nitrogens with two attached hydrogens (primary N) is 1. The number of hydrogen-bond acceptors (Lipinski definition) is 2. The van der Waals surface area contributed by atoms with E-state index in [4.69, 9.17) is 5.73 Å². The maximum Gasteiger partial charge on any atom is 0.254 e. The van der Waals surface area contributed by atoms with E-state index < -0.39 is 5.82 Å². The van der Waals surface area contributed by atoms with Gasteiger partial charge >= 0.3 is 0 Å². The maximum absolute atomic E-state index is 13.5. The second-order valence-electron chi connectivity index (χ2n) is 5.56. The van der Waals surface area contributed by atoms with E-state index in [2.05, 4.69) is 27.7 Å². The van der Waals surface area contributed by atoms with Crippen molar-refractivity contribution >= 4 is 11.6 Å². The van der Waals surface area contributed by atoms with Gasteiger partial charge in [-0.15, -0.1) is 0 Å². The van der Waals surface area contributed by atoms with Crippen LogP contribution < -0.4 is 5.73 Å². The maximum atomic E-state index is 13.5. The predicted molar refractivity (Wildman–Crippen MR) is 81.1 cm³/mol. The Morgan fingerprint density at radius 1 is 1.30 bits per heavy atom. The molecule has 0 saturated carbocycles. The van der Waals surface area contributed by atoms with E-state index in [1.54, 1.807) is 6.07 Å². The molecule has 0 radical (unpaired) electrons. The molecule has 1 aromatic rings. The molecule has 0 atom stereocenters. The first-order valence-corrected chi connectivity index (χ1v) is 7.26. The molecule has 0 unspecified atom stereocenters. The molecule has 4 heteroatoms. The second kappa shape index (κ2) is 7.27. The smallest absolute Gasteiger partial charge is 0.254 e. The standard InChI is InChI=1S/C16H25FN2O/c1-5-13(6-2)19(10-11(3)4)16(20)12-7-8-15(18)14(17)9-12/h7-9,11,13H,5-6,10,18H2,1-4H3. The molecule has 0 heterocycles. The van der Waals surface area contributed by atoms with E-state index >= 15 is 0 Å². The summed E-state index contributed by atoms with van der Waals surface area (Å²) >= 11 is 0. The van der Waals surface area contributed by atoms with Crippen molar-refractivity contribution in [3.63, 3.8) is 0 Å². The summed E-state index contributed by atoms with van der Waals surface area (Å²) in [6.07, 6.45) is 1.79. The summed E-state index contributed by atoms with van der Waals surface area (Å²) in [5, 5.41) is 0. The van der Waals surface area contributed by atoms with Crippen LogP contribution in [0, 0.1) is 11.7 Å². The van der Waals surface area contributed by atoms with E-state index in [0.29, 0.717) is 18.0 Å². The molecule has 1 amide bonds. The normalized spacial score (nSPS) is 11.2. The number of hydrogen-bond donors (Lipinski definition) is 1. The minimum Gasteiger partial charge on any atom is -0.396 e. The van der Waals surface area contributed by atoms with Crippen molar-refractivity contribution in [1.82, 2.24) is 4.90 Å². The van der Waals surface area contributed by atoms with Crippen LogP contribution in [-0.2, 0) is 0 Å². The molecule has 3 nitrogen and oxygen atoms in total. The zero-order valence-electron chi connectivity index (χ0n) is 12.8. The first-order chi connectivity index (χ1) is 9.40. The fourth-order valence-corrected chi connectivity index (χ4v) is 2.35. The Hall–Kier alpha value is -1.58. The van der Waals surface area contributed by atoms with Crippen LogP contribution in [0.5, 0.6) is 0 Å². The molecular formula is C16H25FN2O. The first-order valence-electron chi connectivity index (χ1n) is 7.26. The lowest BCUT2D eigenvalue weighted by molar-refractivity contribution is 0.0640. The van der Waals surface area contributed by atoms with E-state index in [1.165, 1.54) is 12.1 Å². The summed E-state index contributed by atoms with van der Waals surface area (Å²) in [5.41, 5.74) is 5.89. The van der Waals surface area contributed by atoms with Gasteiger partial charge in [-0.2, -0.15) is 0 Å². The Labute approximate surface area is 121 Å². The largest absolute Gasteiger partial charge is 0.396 e. The number of carbonyl (C=O) groups is 1. The highest BCUT2D eigenvalue weighted by Gasteiger charge is 2.23. The Morgan fingerprint density at radius 2 is 1.90 bits per heavy atom. The second-order valence-corrected chi connectivity index (χ2v) is 5.56. The molecule has 0 spiro atoms. The molecule has 0 aliphatic heterocycles. The summed E-state index contributed by atoms with van der Waals surface area (Å²) in [4.78, 5) is 14.5. The van der Waals surface area contributed by atoms with Crippen molar-refractivity contribution in [2.24, 2.45) is 5.92 Å².